The van der Waals surface area contributed by atoms with Gasteiger partial charge in [0.15, 0.2) is 0 Å². The fraction of sp³-hybridized carbons (Fsp3) is 0.167. The second-order valence-corrected chi connectivity index (χ2v) is 1.50. The fourth-order valence-electron chi connectivity index (χ4n) is 0.351. The second kappa shape index (κ2) is 1.82. The lowest BCUT2D eigenvalue weighted by Gasteiger charge is -1.92. The molecule has 0 unspecified atom stereocenters. The third kappa shape index (κ3) is 0.780. The maximum Gasteiger partial charge on any atom is 0.0862 e. The summed E-state index contributed by atoms with van der Waals surface area (Å²) in [7, 11) is 0. The van der Waals surface area contributed by atoms with E-state index in [1.165, 1.54) is 0 Å². The summed E-state index contributed by atoms with van der Waals surface area (Å²) in [6.45, 7) is 1.61. The highest BCUT2D eigenvalue weighted by atomic mass is 14.7. The SMILES string of the molecule is [2H]c1nc([2H])c(N)c(C)c1[2H]. The topological polar surface area (TPSA) is 38.9 Å². The molecule has 0 spiro atoms. The molecular formula is C6H8N2. The minimum absolute atomic E-state index is 0.00139. The molecule has 0 saturated carbocycles. The normalized spacial score (nSPS) is 14.4. The molecule has 1 aromatic rings. The number of hydrogen-bond acceptors (Lipinski definition) is 2. The molecule has 0 aliphatic heterocycles. The highest BCUT2D eigenvalue weighted by molar-refractivity contribution is 5.42. The molecule has 2 nitrogen and oxygen atoms in total. The highest BCUT2D eigenvalue weighted by Gasteiger charge is 1.85. The van der Waals surface area contributed by atoms with E-state index in [1.807, 2.05) is 0 Å². The van der Waals surface area contributed by atoms with Crippen LogP contribution in [0.2, 0.25) is 0 Å². The Balaban J connectivity index is 3.46. The molecule has 0 aromatic carbocycles. The van der Waals surface area contributed by atoms with Gasteiger partial charge in [0.2, 0.25) is 0 Å². The molecule has 8 heavy (non-hydrogen) atoms. The maximum absolute atomic E-state index is 7.27. The Hall–Kier alpha value is -1.05. The molecule has 0 fully saturated rings. The lowest BCUT2D eigenvalue weighted by Crippen LogP contribution is -1.88. The predicted octanol–water partition coefficient (Wildman–Crippen LogP) is 0.972. The second-order valence-electron chi connectivity index (χ2n) is 1.50. The van der Waals surface area contributed by atoms with Crippen LogP contribution in [0, 0.1) is 6.92 Å². The summed E-state index contributed by atoms with van der Waals surface area (Å²) in [6, 6.07) is -0.00139. The molecule has 0 bridgehead atoms. The van der Waals surface area contributed by atoms with Crippen LogP contribution in [0.1, 0.15) is 9.68 Å². The molecule has 1 aromatic heterocycles. The first-order valence-corrected chi connectivity index (χ1v) is 2.24. The molecule has 2 N–H and O–H groups in total. The van der Waals surface area contributed by atoms with E-state index >= 15 is 0 Å². The molecule has 1 rings (SSSR count). The van der Waals surface area contributed by atoms with Crippen LogP contribution in [0.4, 0.5) is 5.69 Å². The Morgan fingerprint density at radius 1 is 1.88 bits per heavy atom. The lowest BCUT2D eigenvalue weighted by molar-refractivity contribution is 1.29. The number of hydrogen-bond donors (Lipinski definition) is 1. The van der Waals surface area contributed by atoms with Gasteiger partial charge in [-0.05, 0) is 18.5 Å². The average molecular weight is 111 g/mol. The van der Waals surface area contributed by atoms with Crippen LogP contribution in [-0.4, -0.2) is 4.98 Å². The van der Waals surface area contributed by atoms with Gasteiger partial charge in [0.1, 0.15) is 0 Å². The van der Waals surface area contributed by atoms with Crippen molar-refractivity contribution in [3.05, 3.63) is 24.0 Å². The van der Waals surface area contributed by atoms with E-state index in [4.69, 9.17) is 9.85 Å². The van der Waals surface area contributed by atoms with Gasteiger partial charge < -0.3 is 5.73 Å². The average Bonchev–Trinajstić information content (AvgIpc) is 1.97. The van der Waals surface area contributed by atoms with Crippen LogP contribution in [0.3, 0.4) is 0 Å². The van der Waals surface area contributed by atoms with E-state index in [2.05, 4.69) is 4.98 Å². The van der Waals surface area contributed by atoms with Crippen LogP contribution in [-0.2, 0) is 0 Å². The van der Waals surface area contributed by atoms with Crippen LogP contribution in [0.25, 0.3) is 0 Å². The molecule has 0 aliphatic carbocycles. The predicted molar refractivity (Wildman–Crippen MR) is 33.4 cm³/mol. The monoisotopic (exact) mass is 111 g/mol. The van der Waals surface area contributed by atoms with Gasteiger partial charge in [0.05, 0.1) is 9.80 Å². The zero-order valence-electron chi connectivity index (χ0n) is 7.52. The largest absolute Gasteiger partial charge is 0.397 e. The number of anilines is 1. The van der Waals surface area contributed by atoms with Crippen LogP contribution >= 0.6 is 0 Å². The van der Waals surface area contributed by atoms with E-state index in [0.717, 1.165) is 0 Å². The van der Waals surface area contributed by atoms with Crippen molar-refractivity contribution in [1.29, 1.82) is 0 Å². The number of pyridine rings is 1. The Labute approximate surface area is 52.6 Å². The number of aromatic nitrogens is 1. The molecule has 2 heteroatoms. The van der Waals surface area contributed by atoms with Crippen molar-refractivity contribution in [3.8, 4) is 0 Å². The van der Waals surface area contributed by atoms with Gasteiger partial charge in [-0.2, -0.15) is 0 Å². The Kier molecular flexibility index (Phi) is 0.565. The first-order valence-electron chi connectivity index (χ1n) is 3.74. The van der Waals surface area contributed by atoms with E-state index in [1.54, 1.807) is 6.92 Å². The lowest BCUT2D eigenvalue weighted by atomic mass is 10.3. The number of nitrogens with two attached hydrogens (primary N) is 1. The Morgan fingerprint density at radius 3 is 3.38 bits per heavy atom. The van der Waals surface area contributed by atoms with Crippen molar-refractivity contribution in [3.63, 3.8) is 0 Å². The molecule has 0 aliphatic rings. The van der Waals surface area contributed by atoms with Gasteiger partial charge in [-0.25, -0.2) is 0 Å². The fourth-order valence-corrected chi connectivity index (χ4v) is 0.351. The van der Waals surface area contributed by atoms with Gasteiger partial charge >= 0.3 is 0 Å². The smallest absolute Gasteiger partial charge is 0.0862 e. The first kappa shape index (κ1) is 2.49. The zero-order chi connectivity index (χ0) is 8.59. The van der Waals surface area contributed by atoms with E-state index in [-0.39, 0.29) is 24.1 Å². The third-order valence-corrected chi connectivity index (χ3v) is 0.880. The molecule has 1 heterocycles. The van der Waals surface area contributed by atoms with E-state index in [0.29, 0.717) is 5.56 Å². The van der Waals surface area contributed by atoms with Crippen molar-refractivity contribution >= 4 is 5.69 Å². The van der Waals surface area contributed by atoms with Crippen molar-refractivity contribution in [2.24, 2.45) is 0 Å². The third-order valence-electron chi connectivity index (χ3n) is 0.880. The molecule has 0 saturated heterocycles. The van der Waals surface area contributed by atoms with Crippen molar-refractivity contribution in [2.45, 2.75) is 6.92 Å². The van der Waals surface area contributed by atoms with Gasteiger partial charge in [-0.1, -0.05) is 0 Å². The molecule has 0 radical (unpaired) electrons. The van der Waals surface area contributed by atoms with Gasteiger partial charge in [-0.3, -0.25) is 4.98 Å². The zero-order valence-corrected chi connectivity index (χ0v) is 4.52. The highest BCUT2D eigenvalue weighted by Crippen LogP contribution is 2.03. The van der Waals surface area contributed by atoms with E-state index in [9.17, 15) is 0 Å². The molecule has 0 amide bonds. The maximum atomic E-state index is 7.27. The van der Waals surface area contributed by atoms with Crippen molar-refractivity contribution < 1.29 is 4.11 Å². The van der Waals surface area contributed by atoms with E-state index < -0.39 is 0 Å². The Bertz CT molecular complexity index is 272. The standard InChI is InChI=1S/C6H8N2/c1-5-2-3-8-4-6(5)7/h2-4H,7H2,1H3/i2D,3D,4D. The van der Waals surface area contributed by atoms with Crippen LogP contribution in [0.5, 0.6) is 0 Å². The van der Waals surface area contributed by atoms with Gasteiger partial charge in [-0.15, -0.1) is 0 Å². The number of nitrogens with zero attached hydrogens (tertiary/aromatic N) is 1. The molecule has 42 valence electrons. The minimum Gasteiger partial charge on any atom is -0.397 e. The summed E-state index contributed by atoms with van der Waals surface area (Å²) in [4.78, 5) is 3.45. The number of nitrogen functional groups attached to an aromatic ring is 1. The van der Waals surface area contributed by atoms with Gasteiger partial charge in [0.25, 0.3) is 0 Å². The summed E-state index contributed by atoms with van der Waals surface area (Å²) in [5.41, 5.74) is 6.04. The molecular weight excluding hydrogens is 100 g/mol. The quantitative estimate of drug-likeness (QED) is 0.541. The van der Waals surface area contributed by atoms with Crippen LogP contribution < -0.4 is 5.73 Å². The summed E-state index contributed by atoms with van der Waals surface area (Å²) in [5.74, 6) is 0. The summed E-state index contributed by atoms with van der Waals surface area (Å²) in [6.07, 6.45) is -0.315. The van der Waals surface area contributed by atoms with Gasteiger partial charge in [0, 0.05) is 12.3 Å². The first-order chi connectivity index (χ1) is 5.04. The number of rotatable bonds is 0. The van der Waals surface area contributed by atoms with Crippen molar-refractivity contribution in [2.75, 3.05) is 5.73 Å². The van der Waals surface area contributed by atoms with Crippen molar-refractivity contribution in [1.82, 2.24) is 4.98 Å². The summed E-state index contributed by atoms with van der Waals surface area (Å²) < 4.78 is 21.6. The van der Waals surface area contributed by atoms with Crippen LogP contribution in [0.15, 0.2) is 18.4 Å². The summed E-state index contributed by atoms with van der Waals surface area (Å²) in [5, 5.41) is 0. The Morgan fingerprint density at radius 2 is 2.62 bits per heavy atom. The molecule has 0 atom stereocenters. The minimum atomic E-state index is -0.193. The summed E-state index contributed by atoms with van der Waals surface area (Å²) >= 11 is 0.